The van der Waals surface area contributed by atoms with E-state index in [1.807, 2.05) is 0 Å². The van der Waals surface area contributed by atoms with E-state index in [0.29, 0.717) is 5.69 Å². The van der Waals surface area contributed by atoms with Crippen molar-refractivity contribution in [2.75, 3.05) is 6.61 Å². The van der Waals surface area contributed by atoms with Crippen molar-refractivity contribution in [2.24, 2.45) is 0 Å². The molecule has 0 radical (unpaired) electrons. The van der Waals surface area contributed by atoms with Crippen LogP contribution in [-0.4, -0.2) is 33.1 Å². The number of nitriles is 1. The Morgan fingerprint density at radius 2 is 2.54 bits per heavy atom. The van der Waals surface area contributed by atoms with Crippen LogP contribution in [0, 0.1) is 11.3 Å². The molecule has 7 nitrogen and oxygen atoms in total. The molecule has 0 atom stereocenters. The van der Waals surface area contributed by atoms with Crippen LogP contribution in [0.5, 0.6) is 0 Å². The van der Waals surface area contributed by atoms with Crippen molar-refractivity contribution < 1.29 is 14.6 Å². The lowest BCUT2D eigenvalue weighted by Gasteiger charge is -1.96. The zero-order valence-corrected chi connectivity index (χ0v) is 6.52. The van der Waals surface area contributed by atoms with E-state index < -0.39 is 12.6 Å². The molecule has 1 aromatic heterocycles. The van der Waals surface area contributed by atoms with Crippen molar-refractivity contribution in [3.63, 3.8) is 0 Å². The van der Waals surface area contributed by atoms with Crippen LogP contribution in [0.2, 0.25) is 0 Å². The predicted molar refractivity (Wildman–Crippen MR) is 38.4 cm³/mol. The third kappa shape index (κ3) is 2.53. The Morgan fingerprint density at radius 1 is 1.77 bits per heavy atom. The van der Waals surface area contributed by atoms with Crippen LogP contribution in [-0.2, 0) is 16.1 Å². The number of nitrogens with zero attached hydrogens (tertiary/aromatic N) is 3. The number of aromatic nitrogens is 3. The Labute approximate surface area is 72.9 Å². The molecular weight excluding hydrogens is 176 g/mol. The number of carbonyl (C=O) groups is 1. The minimum Gasteiger partial charge on any atom is -0.480 e. The smallest absolute Gasteiger partial charge is 0.329 e. The molecule has 0 aliphatic heterocycles. The second-order valence-electron chi connectivity index (χ2n) is 2.13. The number of hydrogen-bond donors (Lipinski definition) is 2. The molecule has 0 saturated heterocycles. The quantitative estimate of drug-likeness (QED) is 0.635. The lowest BCUT2D eigenvalue weighted by molar-refractivity contribution is -0.142. The van der Waals surface area contributed by atoms with Crippen molar-refractivity contribution in [1.29, 1.82) is 5.26 Å². The summed E-state index contributed by atoms with van der Waals surface area (Å²) in [5.74, 6) is -1.07. The Hall–Kier alpha value is -1.94. The first kappa shape index (κ1) is 9.15. The van der Waals surface area contributed by atoms with Gasteiger partial charge in [-0.2, -0.15) is 5.26 Å². The summed E-state index contributed by atoms with van der Waals surface area (Å²) >= 11 is 0. The highest BCUT2D eigenvalue weighted by atomic mass is 16.5. The van der Waals surface area contributed by atoms with Gasteiger partial charge in [0.1, 0.15) is 18.4 Å². The third-order valence-electron chi connectivity index (χ3n) is 1.20. The Bertz CT molecular complexity index is 340. The molecule has 0 aromatic carbocycles. The minimum atomic E-state index is -1.07. The van der Waals surface area contributed by atoms with E-state index in [-0.39, 0.29) is 12.3 Å². The monoisotopic (exact) mass is 182 g/mol. The highest BCUT2D eigenvalue weighted by molar-refractivity contribution is 5.67. The van der Waals surface area contributed by atoms with Gasteiger partial charge in [0.2, 0.25) is 0 Å². The van der Waals surface area contributed by atoms with Crippen LogP contribution in [0.1, 0.15) is 11.4 Å². The molecule has 0 aliphatic rings. The van der Waals surface area contributed by atoms with Crippen molar-refractivity contribution in [1.82, 2.24) is 15.4 Å². The number of aliphatic carboxylic acids is 1. The fourth-order valence-electron chi connectivity index (χ4n) is 0.675. The summed E-state index contributed by atoms with van der Waals surface area (Å²) in [6, 6.07) is 1.81. The standard InChI is InChI=1S/C6H6N4O3/c7-1-4-5(9-10-8-4)2-13-3-6(11)12/h2-3H2,(H,11,12)(H,8,9,10). The molecule has 0 unspecified atom stereocenters. The number of H-pyrrole nitrogens is 1. The fourth-order valence-corrected chi connectivity index (χ4v) is 0.675. The first-order valence-corrected chi connectivity index (χ1v) is 3.33. The molecule has 1 aromatic rings. The molecule has 0 aliphatic carbocycles. The molecule has 1 rings (SSSR count). The Kier molecular flexibility index (Phi) is 2.94. The molecule has 0 saturated carbocycles. The minimum absolute atomic E-state index is 0.0360. The Morgan fingerprint density at radius 3 is 3.15 bits per heavy atom. The van der Waals surface area contributed by atoms with Crippen molar-refractivity contribution >= 4 is 5.97 Å². The molecule has 0 bridgehead atoms. The average Bonchev–Trinajstić information content (AvgIpc) is 2.51. The lowest BCUT2D eigenvalue weighted by atomic mass is 10.3. The number of carboxylic acid groups (broad SMARTS) is 1. The van der Waals surface area contributed by atoms with E-state index in [2.05, 4.69) is 15.4 Å². The molecule has 0 spiro atoms. The van der Waals surface area contributed by atoms with Gasteiger partial charge in [-0.3, -0.25) is 0 Å². The topological polar surface area (TPSA) is 112 Å². The maximum absolute atomic E-state index is 10.0. The van der Waals surface area contributed by atoms with Gasteiger partial charge >= 0.3 is 5.97 Å². The van der Waals surface area contributed by atoms with Crippen molar-refractivity contribution in [3.8, 4) is 6.07 Å². The number of hydrogen-bond acceptors (Lipinski definition) is 5. The lowest BCUT2D eigenvalue weighted by Crippen LogP contribution is -2.07. The molecular formula is C6H6N4O3. The fraction of sp³-hybridized carbons (Fsp3) is 0.333. The van der Waals surface area contributed by atoms with Crippen LogP contribution in [0.15, 0.2) is 0 Å². The van der Waals surface area contributed by atoms with E-state index in [4.69, 9.17) is 15.1 Å². The van der Waals surface area contributed by atoms with Gasteiger partial charge in [-0.25, -0.2) is 9.89 Å². The van der Waals surface area contributed by atoms with Crippen molar-refractivity contribution in [2.45, 2.75) is 6.61 Å². The molecule has 0 amide bonds. The van der Waals surface area contributed by atoms with Gasteiger partial charge in [-0.1, -0.05) is 5.21 Å². The Balaban J connectivity index is 2.46. The second-order valence-corrected chi connectivity index (χ2v) is 2.13. The second kappa shape index (κ2) is 4.18. The normalized spacial score (nSPS) is 9.46. The highest BCUT2D eigenvalue weighted by Crippen LogP contribution is 2.00. The maximum atomic E-state index is 10.0. The van der Waals surface area contributed by atoms with Gasteiger partial charge < -0.3 is 9.84 Å². The van der Waals surface area contributed by atoms with E-state index >= 15 is 0 Å². The largest absolute Gasteiger partial charge is 0.480 e. The van der Waals surface area contributed by atoms with Crippen LogP contribution in [0.25, 0.3) is 0 Å². The van der Waals surface area contributed by atoms with Gasteiger partial charge in [-0.05, 0) is 0 Å². The van der Waals surface area contributed by atoms with Crippen LogP contribution in [0.4, 0.5) is 0 Å². The number of aromatic amines is 1. The van der Waals surface area contributed by atoms with Crippen LogP contribution >= 0.6 is 0 Å². The molecule has 68 valence electrons. The van der Waals surface area contributed by atoms with E-state index in [1.54, 1.807) is 6.07 Å². The zero-order valence-electron chi connectivity index (χ0n) is 6.52. The highest BCUT2D eigenvalue weighted by Gasteiger charge is 2.06. The first-order valence-electron chi connectivity index (χ1n) is 3.33. The van der Waals surface area contributed by atoms with Crippen molar-refractivity contribution in [3.05, 3.63) is 11.4 Å². The number of carboxylic acids is 1. The number of rotatable bonds is 4. The van der Waals surface area contributed by atoms with Gasteiger partial charge in [0.25, 0.3) is 0 Å². The zero-order chi connectivity index (χ0) is 9.68. The summed E-state index contributed by atoms with van der Waals surface area (Å²) in [5, 5.41) is 26.0. The summed E-state index contributed by atoms with van der Waals surface area (Å²) in [4.78, 5) is 10.0. The summed E-state index contributed by atoms with van der Waals surface area (Å²) < 4.78 is 4.71. The molecule has 0 fully saturated rings. The summed E-state index contributed by atoms with van der Waals surface area (Å²) in [5.41, 5.74) is 0.495. The van der Waals surface area contributed by atoms with Gasteiger partial charge in [0.05, 0.1) is 6.61 Å². The predicted octanol–water partition coefficient (Wildman–Crippen LogP) is -0.722. The van der Waals surface area contributed by atoms with E-state index in [9.17, 15) is 4.79 Å². The summed E-state index contributed by atoms with van der Waals surface area (Å²) in [7, 11) is 0. The van der Waals surface area contributed by atoms with Crippen LogP contribution in [0.3, 0.4) is 0 Å². The number of ether oxygens (including phenoxy) is 1. The molecule has 7 heteroatoms. The van der Waals surface area contributed by atoms with Gasteiger partial charge in [-0.15, -0.1) is 5.10 Å². The third-order valence-corrected chi connectivity index (χ3v) is 1.20. The molecule has 1 heterocycles. The summed E-state index contributed by atoms with van der Waals surface area (Å²) in [6.07, 6.45) is 0. The average molecular weight is 182 g/mol. The van der Waals surface area contributed by atoms with E-state index in [1.165, 1.54) is 0 Å². The van der Waals surface area contributed by atoms with Gasteiger partial charge in [0, 0.05) is 0 Å². The first-order chi connectivity index (χ1) is 6.24. The van der Waals surface area contributed by atoms with Gasteiger partial charge in [0.15, 0.2) is 5.69 Å². The maximum Gasteiger partial charge on any atom is 0.329 e. The SMILES string of the molecule is N#Cc1[nH]nnc1COCC(=O)O. The summed E-state index contributed by atoms with van der Waals surface area (Å²) in [6.45, 7) is -0.455. The number of nitrogens with one attached hydrogen (secondary N) is 1. The van der Waals surface area contributed by atoms with Crippen LogP contribution < -0.4 is 0 Å². The van der Waals surface area contributed by atoms with E-state index in [0.717, 1.165) is 0 Å². The molecule has 13 heavy (non-hydrogen) atoms. The molecule has 2 N–H and O–H groups in total.